The molecule has 0 atom stereocenters. The Morgan fingerprint density at radius 3 is 2.79 bits per heavy atom. The highest BCUT2D eigenvalue weighted by molar-refractivity contribution is 5.92. The van der Waals surface area contributed by atoms with Gasteiger partial charge < -0.3 is 11.1 Å². The van der Waals surface area contributed by atoms with Crippen LogP contribution in [0.5, 0.6) is 0 Å². The lowest BCUT2D eigenvalue weighted by Crippen LogP contribution is -2.22. The Balaban J connectivity index is 2.00. The zero-order valence-corrected chi connectivity index (χ0v) is 11.2. The number of anilines is 1. The van der Waals surface area contributed by atoms with Gasteiger partial charge >= 0.3 is 0 Å². The molecule has 19 heavy (non-hydrogen) atoms. The van der Waals surface area contributed by atoms with Gasteiger partial charge in [-0.05, 0) is 48.7 Å². The zero-order valence-electron chi connectivity index (χ0n) is 11.2. The Bertz CT molecular complexity index is 576. The van der Waals surface area contributed by atoms with E-state index in [1.165, 1.54) is 11.1 Å². The number of pyridine rings is 1. The van der Waals surface area contributed by atoms with E-state index in [0.717, 1.165) is 11.3 Å². The summed E-state index contributed by atoms with van der Waals surface area (Å²) in [5, 5.41) is 3.09. The quantitative estimate of drug-likeness (QED) is 0.653. The van der Waals surface area contributed by atoms with Gasteiger partial charge in [0.1, 0.15) is 0 Å². The van der Waals surface area contributed by atoms with E-state index < -0.39 is 0 Å². The first-order valence-corrected chi connectivity index (χ1v) is 6.18. The monoisotopic (exact) mass is 254 g/mol. The molecule has 1 heterocycles. The minimum Gasteiger partial charge on any atom is -0.370 e. The molecular weight excluding hydrogens is 236 g/mol. The number of nitrogens with one attached hydrogen (secondary N) is 1. The van der Waals surface area contributed by atoms with Crippen molar-refractivity contribution in [3.8, 4) is 0 Å². The fraction of sp³-hybridized carbons (Fsp3) is 0.200. The third-order valence-electron chi connectivity index (χ3n) is 2.93. The van der Waals surface area contributed by atoms with Gasteiger partial charge in [-0.25, -0.2) is 4.99 Å². The van der Waals surface area contributed by atoms with Crippen molar-refractivity contribution in [1.82, 2.24) is 4.98 Å². The van der Waals surface area contributed by atoms with Gasteiger partial charge in [-0.3, -0.25) is 4.98 Å². The van der Waals surface area contributed by atoms with Crippen LogP contribution in [0, 0.1) is 13.8 Å². The second-order valence-electron chi connectivity index (χ2n) is 4.49. The van der Waals surface area contributed by atoms with Gasteiger partial charge in [0.2, 0.25) is 0 Å². The molecule has 4 nitrogen and oxygen atoms in total. The number of aliphatic imine (C=N–C) groups is 1. The highest BCUT2D eigenvalue weighted by Crippen LogP contribution is 2.13. The molecule has 0 unspecified atom stereocenters. The van der Waals surface area contributed by atoms with Gasteiger partial charge in [-0.1, -0.05) is 12.1 Å². The first-order chi connectivity index (χ1) is 9.15. The summed E-state index contributed by atoms with van der Waals surface area (Å²) in [6, 6.07) is 9.97. The molecule has 0 radical (unpaired) electrons. The minimum atomic E-state index is 0.409. The Morgan fingerprint density at radius 2 is 2.11 bits per heavy atom. The topological polar surface area (TPSA) is 63.3 Å². The predicted octanol–water partition coefficient (Wildman–Crippen LogP) is 2.63. The number of guanidine groups is 1. The summed E-state index contributed by atoms with van der Waals surface area (Å²) in [5.74, 6) is 0.409. The smallest absolute Gasteiger partial charge is 0.193 e. The van der Waals surface area contributed by atoms with Crippen LogP contribution in [0.4, 0.5) is 5.69 Å². The van der Waals surface area contributed by atoms with Crippen LogP contribution in [-0.2, 0) is 6.54 Å². The third-order valence-corrected chi connectivity index (χ3v) is 2.93. The van der Waals surface area contributed by atoms with Crippen molar-refractivity contribution >= 4 is 11.6 Å². The molecule has 4 heteroatoms. The van der Waals surface area contributed by atoms with Crippen molar-refractivity contribution in [1.29, 1.82) is 0 Å². The Labute approximate surface area is 113 Å². The van der Waals surface area contributed by atoms with Crippen LogP contribution < -0.4 is 11.1 Å². The number of rotatable bonds is 3. The van der Waals surface area contributed by atoms with Crippen molar-refractivity contribution in [2.24, 2.45) is 10.7 Å². The van der Waals surface area contributed by atoms with E-state index in [1.54, 1.807) is 12.4 Å². The van der Waals surface area contributed by atoms with Crippen LogP contribution in [0.25, 0.3) is 0 Å². The maximum absolute atomic E-state index is 5.86. The fourth-order valence-corrected chi connectivity index (χ4v) is 1.67. The molecule has 0 saturated heterocycles. The molecule has 0 fully saturated rings. The number of hydrogen-bond acceptors (Lipinski definition) is 2. The molecule has 2 aromatic rings. The number of nitrogens with zero attached hydrogens (tertiary/aromatic N) is 2. The number of aryl methyl sites for hydroxylation is 2. The van der Waals surface area contributed by atoms with Crippen LogP contribution in [0.1, 0.15) is 16.7 Å². The number of aromatic nitrogens is 1. The van der Waals surface area contributed by atoms with E-state index in [1.807, 2.05) is 18.2 Å². The van der Waals surface area contributed by atoms with E-state index in [-0.39, 0.29) is 0 Å². The largest absolute Gasteiger partial charge is 0.370 e. The first-order valence-electron chi connectivity index (χ1n) is 6.18. The summed E-state index contributed by atoms with van der Waals surface area (Å²) in [5.41, 5.74) is 10.3. The molecule has 1 aromatic carbocycles. The number of hydrogen-bond donors (Lipinski definition) is 2. The lowest BCUT2D eigenvalue weighted by Gasteiger charge is -2.08. The number of nitrogens with two attached hydrogens (primary N) is 1. The maximum atomic E-state index is 5.86. The maximum Gasteiger partial charge on any atom is 0.193 e. The molecule has 0 amide bonds. The normalized spacial score (nSPS) is 11.4. The predicted molar refractivity (Wildman–Crippen MR) is 79.1 cm³/mol. The standard InChI is InChI=1S/C15H18N4/c1-11-5-6-14(8-12(11)2)19-15(16)18-10-13-4-3-7-17-9-13/h3-9H,10H2,1-2H3,(H3,16,18,19). The summed E-state index contributed by atoms with van der Waals surface area (Å²) >= 11 is 0. The molecule has 3 N–H and O–H groups in total. The van der Waals surface area contributed by atoms with Gasteiger partial charge in [0, 0.05) is 18.1 Å². The highest BCUT2D eigenvalue weighted by atomic mass is 15.1. The molecule has 0 spiro atoms. The van der Waals surface area contributed by atoms with Crippen LogP contribution in [0.2, 0.25) is 0 Å². The molecular formula is C15H18N4. The van der Waals surface area contributed by atoms with Gasteiger partial charge in [0.15, 0.2) is 5.96 Å². The Kier molecular flexibility index (Phi) is 4.13. The van der Waals surface area contributed by atoms with E-state index in [2.05, 4.69) is 41.3 Å². The summed E-state index contributed by atoms with van der Waals surface area (Å²) in [4.78, 5) is 8.32. The zero-order chi connectivity index (χ0) is 13.7. The van der Waals surface area contributed by atoms with Gasteiger partial charge in [-0.2, -0.15) is 0 Å². The minimum absolute atomic E-state index is 0.409. The lowest BCUT2D eigenvalue weighted by atomic mass is 10.1. The van der Waals surface area contributed by atoms with Crippen molar-refractivity contribution in [3.05, 3.63) is 59.4 Å². The first kappa shape index (κ1) is 13.1. The molecule has 0 aliphatic heterocycles. The fourth-order valence-electron chi connectivity index (χ4n) is 1.67. The van der Waals surface area contributed by atoms with Crippen LogP contribution in [-0.4, -0.2) is 10.9 Å². The van der Waals surface area contributed by atoms with E-state index in [9.17, 15) is 0 Å². The molecule has 0 saturated carbocycles. The molecule has 0 aliphatic rings. The van der Waals surface area contributed by atoms with Crippen LogP contribution in [0.15, 0.2) is 47.7 Å². The van der Waals surface area contributed by atoms with Crippen LogP contribution >= 0.6 is 0 Å². The van der Waals surface area contributed by atoms with Crippen molar-refractivity contribution in [3.63, 3.8) is 0 Å². The second-order valence-corrected chi connectivity index (χ2v) is 4.49. The highest BCUT2D eigenvalue weighted by Gasteiger charge is 1.98. The second kappa shape index (κ2) is 6.00. The van der Waals surface area contributed by atoms with Crippen molar-refractivity contribution in [2.75, 3.05) is 5.32 Å². The third kappa shape index (κ3) is 3.81. The average Bonchev–Trinajstić information content (AvgIpc) is 2.42. The van der Waals surface area contributed by atoms with E-state index in [0.29, 0.717) is 12.5 Å². The molecule has 0 aliphatic carbocycles. The SMILES string of the molecule is Cc1ccc(NC(N)=NCc2cccnc2)cc1C. The van der Waals surface area contributed by atoms with Gasteiger partial charge in [0.05, 0.1) is 6.54 Å². The number of benzene rings is 1. The summed E-state index contributed by atoms with van der Waals surface area (Å²) in [6.07, 6.45) is 3.52. The summed E-state index contributed by atoms with van der Waals surface area (Å²) in [7, 11) is 0. The lowest BCUT2D eigenvalue weighted by molar-refractivity contribution is 1.04. The van der Waals surface area contributed by atoms with E-state index in [4.69, 9.17) is 5.73 Å². The van der Waals surface area contributed by atoms with E-state index >= 15 is 0 Å². The van der Waals surface area contributed by atoms with Gasteiger partial charge in [0.25, 0.3) is 0 Å². The van der Waals surface area contributed by atoms with Crippen LogP contribution in [0.3, 0.4) is 0 Å². The average molecular weight is 254 g/mol. The molecule has 98 valence electrons. The van der Waals surface area contributed by atoms with Crippen molar-refractivity contribution < 1.29 is 0 Å². The Hall–Kier alpha value is -2.36. The Morgan fingerprint density at radius 1 is 1.26 bits per heavy atom. The molecule has 0 bridgehead atoms. The molecule has 2 rings (SSSR count). The summed E-state index contributed by atoms with van der Waals surface area (Å²) < 4.78 is 0. The van der Waals surface area contributed by atoms with Gasteiger partial charge in [-0.15, -0.1) is 0 Å². The summed E-state index contributed by atoms with van der Waals surface area (Å²) in [6.45, 7) is 4.68. The molecule has 1 aromatic heterocycles. The van der Waals surface area contributed by atoms with Crippen molar-refractivity contribution in [2.45, 2.75) is 20.4 Å².